The number of furan rings is 1. The molecule has 6 nitrogen and oxygen atoms in total. The van der Waals surface area contributed by atoms with Crippen molar-refractivity contribution in [3.63, 3.8) is 0 Å². The second-order valence-electron chi connectivity index (χ2n) is 6.72. The highest BCUT2D eigenvalue weighted by Crippen LogP contribution is 2.21. The summed E-state index contributed by atoms with van der Waals surface area (Å²) in [6.07, 6.45) is 1.63. The van der Waals surface area contributed by atoms with E-state index in [2.05, 4.69) is 10.4 Å². The maximum Gasteiger partial charge on any atom is 0.292 e. The van der Waals surface area contributed by atoms with Crippen molar-refractivity contribution >= 4 is 23.3 Å². The van der Waals surface area contributed by atoms with Gasteiger partial charge in [-0.15, -0.1) is 0 Å². The number of halogens is 4. The van der Waals surface area contributed by atoms with E-state index >= 15 is 0 Å². The van der Waals surface area contributed by atoms with E-state index in [4.69, 9.17) is 20.8 Å². The molecular formula is C22H15ClF3N3O3. The average Bonchev–Trinajstić information content (AvgIpc) is 3.39. The molecule has 2 heterocycles. The molecule has 4 rings (SSSR count). The van der Waals surface area contributed by atoms with E-state index in [1.165, 1.54) is 28.9 Å². The van der Waals surface area contributed by atoms with E-state index in [9.17, 15) is 18.0 Å². The van der Waals surface area contributed by atoms with Crippen LogP contribution in [0.4, 0.5) is 19.0 Å². The number of hydrogen-bond acceptors (Lipinski definition) is 4. The minimum Gasteiger partial charge on any atom is -0.483 e. The molecule has 164 valence electrons. The Kier molecular flexibility index (Phi) is 6.18. The fourth-order valence-electron chi connectivity index (χ4n) is 2.84. The topological polar surface area (TPSA) is 69.3 Å². The lowest BCUT2D eigenvalue weighted by molar-refractivity contribution is 0.0992. The molecule has 0 fully saturated rings. The number of aromatic nitrogens is 2. The van der Waals surface area contributed by atoms with Gasteiger partial charge < -0.3 is 14.5 Å². The minimum absolute atomic E-state index is 0.000642. The smallest absolute Gasteiger partial charge is 0.292 e. The molecule has 0 spiro atoms. The van der Waals surface area contributed by atoms with Gasteiger partial charge in [-0.1, -0.05) is 17.7 Å². The summed E-state index contributed by atoms with van der Waals surface area (Å²) in [6, 6.07) is 11.5. The van der Waals surface area contributed by atoms with Crippen molar-refractivity contribution in [3.05, 3.63) is 100 Å². The predicted molar refractivity (Wildman–Crippen MR) is 110 cm³/mol. The monoisotopic (exact) mass is 461 g/mol. The highest BCUT2D eigenvalue weighted by Gasteiger charge is 2.14. The zero-order valence-corrected chi connectivity index (χ0v) is 17.1. The minimum atomic E-state index is -0.841. The van der Waals surface area contributed by atoms with E-state index < -0.39 is 23.4 Å². The number of carbonyl (C=O) groups excluding carboxylic acids is 1. The van der Waals surface area contributed by atoms with Crippen molar-refractivity contribution in [1.29, 1.82) is 0 Å². The highest BCUT2D eigenvalue weighted by atomic mass is 35.5. The summed E-state index contributed by atoms with van der Waals surface area (Å²) in [7, 11) is 0. The Morgan fingerprint density at radius 1 is 1.06 bits per heavy atom. The van der Waals surface area contributed by atoms with Gasteiger partial charge in [-0.25, -0.2) is 13.2 Å². The lowest BCUT2D eigenvalue weighted by Crippen LogP contribution is -2.12. The number of amides is 1. The molecule has 0 aliphatic carbocycles. The number of nitrogens with zero attached hydrogens (tertiary/aromatic N) is 2. The van der Waals surface area contributed by atoms with Crippen LogP contribution in [-0.4, -0.2) is 15.7 Å². The van der Waals surface area contributed by atoms with Crippen LogP contribution in [0.15, 0.2) is 65.2 Å². The molecule has 1 amide bonds. The zero-order valence-electron chi connectivity index (χ0n) is 16.3. The fraction of sp³-hybridized carbons (Fsp3) is 0.0909. The molecule has 4 aromatic rings. The Bertz CT molecular complexity index is 1270. The van der Waals surface area contributed by atoms with Crippen molar-refractivity contribution in [2.45, 2.75) is 13.2 Å². The SMILES string of the molecule is O=C(Nc1ccn(Cc2ccc(F)cc2Cl)n1)c1ccc(COc2ccc(F)cc2F)o1. The maximum atomic E-state index is 13.6. The van der Waals surface area contributed by atoms with Crippen LogP contribution in [0.3, 0.4) is 0 Å². The van der Waals surface area contributed by atoms with Gasteiger partial charge in [0.2, 0.25) is 0 Å². The molecule has 0 radical (unpaired) electrons. The molecule has 2 aromatic heterocycles. The number of hydrogen-bond donors (Lipinski definition) is 1. The number of ether oxygens (including phenoxy) is 1. The van der Waals surface area contributed by atoms with Gasteiger partial charge in [-0.05, 0) is 42.0 Å². The van der Waals surface area contributed by atoms with Crippen molar-refractivity contribution in [2.24, 2.45) is 0 Å². The Morgan fingerprint density at radius 3 is 2.62 bits per heavy atom. The Labute approximate surface area is 185 Å². The molecular weight excluding hydrogens is 447 g/mol. The van der Waals surface area contributed by atoms with E-state index in [-0.39, 0.29) is 41.3 Å². The molecule has 0 aliphatic rings. The van der Waals surface area contributed by atoms with E-state index in [1.54, 1.807) is 18.3 Å². The first kappa shape index (κ1) is 21.5. The highest BCUT2D eigenvalue weighted by molar-refractivity contribution is 6.31. The Morgan fingerprint density at radius 2 is 1.84 bits per heavy atom. The van der Waals surface area contributed by atoms with Gasteiger partial charge in [0.15, 0.2) is 23.1 Å². The molecule has 10 heteroatoms. The average molecular weight is 462 g/mol. The number of nitrogens with one attached hydrogen (secondary N) is 1. The predicted octanol–water partition coefficient (Wildman–Crippen LogP) is 5.43. The van der Waals surface area contributed by atoms with Crippen LogP contribution in [0.5, 0.6) is 5.75 Å². The molecule has 0 saturated heterocycles. The Hall–Kier alpha value is -3.72. The summed E-state index contributed by atoms with van der Waals surface area (Å²) in [6.45, 7) is 0.139. The van der Waals surface area contributed by atoms with E-state index in [1.807, 2.05) is 0 Å². The molecule has 0 aliphatic heterocycles. The van der Waals surface area contributed by atoms with E-state index in [0.29, 0.717) is 11.6 Å². The molecule has 0 unspecified atom stereocenters. The van der Waals surface area contributed by atoms with Crippen LogP contribution in [0.25, 0.3) is 0 Å². The van der Waals surface area contributed by atoms with Crippen molar-refractivity contribution in [3.8, 4) is 5.75 Å². The molecule has 1 N–H and O–H groups in total. The van der Waals surface area contributed by atoms with Gasteiger partial charge >= 0.3 is 0 Å². The van der Waals surface area contributed by atoms with Crippen molar-refractivity contribution in [1.82, 2.24) is 9.78 Å². The lowest BCUT2D eigenvalue weighted by Gasteiger charge is -2.05. The van der Waals surface area contributed by atoms with Gasteiger partial charge in [0.25, 0.3) is 5.91 Å². The first-order valence-corrected chi connectivity index (χ1v) is 9.70. The summed E-state index contributed by atoms with van der Waals surface area (Å²) in [4.78, 5) is 12.4. The quantitative estimate of drug-likeness (QED) is 0.398. The number of rotatable bonds is 7. The van der Waals surface area contributed by atoms with E-state index in [0.717, 1.165) is 12.1 Å². The fourth-order valence-corrected chi connectivity index (χ4v) is 3.06. The maximum absolute atomic E-state index is 13.6. The lowest BCUT2D eigenvalue weighted by atomic mass is 10.2. The first-order chi connectivity index (χ1) is 15.4. The Balaban J connectivity index is 1.35. The van der Waals surface area contributed by atoms with Crippen molar-refractivity contribution in [2.75, 3.05) is 5.32 Å². The van der Waals surface area contributed by atoms with Crippen LogP contribution in [0, 0.1) is 17.5 Å². The van der Waals surface area contributed by atoms with Gasteiger partial charge in [0.1, 0.15) is 24.0 Å². The third-order valence-electron chi connectivity index (χ3n) is 4.38. The summed E-state index contributed by atoms with van der Waals surface area (Å²) >= 11 is 6.02. The zero-order chi connectivity index (χ0) is 22.7. The van der Waals surface area contributed by atoms with Crippen LogP contribution >= 0.6 is 11.6 Å². The van der Waals surface area contributed by atoms with Crippen LogP contribution in [0.1, 0.15) is 21.9 Å². The summed E-state index contributed by atoms with van der Waals surface area (Å²) in [5.41, 5.74) is 0.669. The molecule has 0 atom stereocenters. The molecule has 0 saturated carbocycles. The van der Waals surface area contributed by atoms with Crippen LogP contribution in [-0.2, 0) is 13.2 Å². The number of benzene rings is 2. The third kappa shape index (κ3) is 5.12. The van der Waals surface area contributed by atoms with Gasteiger partial charge in [-0.3, -0.25) is 9.48 Å². The number of anilines is 1. The second kappa shape index (κ2) is 9.19. The van der Waals surface area contributed by atoms with Crippen molar-refractivity contribution < 1.29 is 27.1 Å². The van der Waals surface area contributed by atoms with Crippen LogP contribution < -0.4 is 10.1 Å². The summed E-state index contributed by atoms with van der Waals surface area (Å²) in [5.74, 6) is -2.12. The van der Waals surface area contributed by atoms with Gasteiger partial charge in [-0.2, -0.15) is 5.10 Å². The normalized spacial score (nSPS) is 10.9. The molecule has 0 bridgehead atoms. The number of carbonyl (C=O) groups is 1. The van der Waals surface area contributed by atoms with Gasteiger partial charge in [0.05, 0.1) is 6.54 Å². The summed E-state index contributed by atoms with van der Waals surface area (Å²) in [5, 5.41) is 7.09. The third-order valence-corrected chi connectivity index (χ3v) is 4.73. The molecule has 2 aromatic carbocycles. The standard InChI is InChI=1S/C22H15ClF3N3O3/c23-17-9-14(24)2-1-13(17)11-29-8-7-21(28-29)27-22(30)20-6-4-16(32-20)12-31-19-5-3-15(25)10-18(19)26/h1-10H,11-12H2,(H,27,28,30). The van der Waals surface area contributed by atoms with Crippen LogP contribution in [0.2, 0.25) is 5.02 Å². The van der Waals surface area contributed by atoms with Gasteiger partial charge in [0, 0.05) is 23.4 Å². The first-order valence-electron chi connectivity index (χ1n) is 9.33. The molecule has 32 heavy (non-hydrogen) atoms. The second-order valence-corrected chi connectivity index (χ2v) is 7.12. The summed E-state index contributed by atoms with van der Waals surface area (Å²) < 4.78 is 51.9. The largest absolute Gasteiger partial charge is 0.483 e.